The molecule has 2 aliphatic rings. The van der Waals surface area contributed by atoms with Gasteiger partial charge in [-0.3, -0.25) is 9.48 Å². The molecule has 0 unspecified atom stereocenters. The van der Waals surface area contributed by atoms with E-state index < -0.39 is 0 Å². The van der Waals surface area contributed by atoms with Crippen molar-refractivity contribution in [3.05, 3.63) is 53.6 Å². The fraction of sp³-hybridized carbons (Fsp3) is 0.583. The van der Waals surface area contributed by atoms with Gasteiger partial charge in [0.15, 0.2) is 0 Å². The first kappa shape index (κ1) is 21.0. The lowest BCUT2D eigenvalue weighted by atomic mass is 9.73. The number of amides is 1. The van der Waals surface area contributed by atoms with Crippen molar-refractivity contribution in [1.29, 1.82) is 0 Å². The number of carbonyl (C=O) groups is 1. The molecule has 0 aliphatic carbocycles. The molecule has 2 fully saturated rings. The maximum Gasteiger partial charge on any atom is 0.223 e. The number of rotatable bonds is 5. The Kier molecular flexibility index (Phi) is 5.96. The van der Waals surface area contributed by atoms with Crippen LogP contribution in [0.5, 0.6) is 0 Å². The first-order valence-corrected chi connectivity index (χ1v) is 11.0. The van der Waals surface area contributed by atoms with E-state index in [0.717, 1.165) is 36.9 Å². The number of hydrogen-bond donors (Lipinski definition) is 0. The lowest BCUT2D eigenvalue weighted by Crippen LogP contribution is -2.55. The first-order valence-electron chi connectivity index (χ1n) is 11.0. The SMILES string of the molecule is CC(C)[C@@H]1C[C@@]2(CCCN2C(=O)CCc2cnn(C)c2)CO[C@H]1c1cccc(F)c1. The summed E-state index contributed by atoms with van der Waals surface area (Å²) in [5.41, 5.74) is 1.76. The highest BCUT2D eigenvalue weighted by Gasteiger charge is 2.50. The molecule has 4 rings (SSSR count). The molecule has 3 heterocycles. The van der Waals surface area contributed by atoms with E-state index >= 15 is 0 Å². The van der Waals surface area contributed by atoms with E-state index in [-0.39, 0.29) is 29.3 Å². The Morgan fingerprint density at radius 2 is 2.23 bits per heavy atom. The zero-order chi connectivity index (χ0) is 21.3. The number of carbonyl (C=O) groups excluding carboxylic acids is 1. The summed E-state index contributed by atoms with van der Waals surface area (Å²) in [5, 5.41) is 4.19. The largest absolute Gasteiger partial charge is 0.371 e. The molecule has 6 heteroatoms. The van der Waals surface area contributed by atoms with E-state index in [0.29, 0.717) is 25.4 Å². The molecule has 0 radical (unpaired) electrons. The van der Waals surface area contributed by atoms with Crippen molar-refractivity contribution in [2.75, 3.05) is 13.2 Å². The van der Waals surface area contributed by atoms with Crippen LogP contribution in [0.3, 0.4) is 0 Å². The summed E-state index contributed by atoms with van der Waals surface area (Å²) in [6.07, 6.45) is 7.77. The van der Waals surface area contributed by atoms with Gasteiger partial charge in [0, 0.05) is 26.2 Å². The molecule has 1 aromatic carbocycles. The first-order chi connectivity index (χ1) is 14.4. The minimum absolute atomic E-state index is 0.126. The van der Waals surface area contributed by atoms with E-state index in [4.69, 9.17) is 4.74 Å². The Bertz CT molecular complexity index is 896. The molecule has 30 heavy (non-hydrogen) atoms. The second-order valence-electron chi connectivity index (χ2n) is 9.29. The molecule has 2 aliphatic heterocycles. The minimum Gasteiger partial charge on any atom is -0.371 e. The summed E-state index contributed by atoms with van der Waals surface area (Å²) in [5.74, 6) is 0.592. The Labute approximate surface area is 178 Å². The molecule has 162 valence electrons. The summed E-state index contributed by atoms with van der Waals surface area (Å²) in [4.78, 5) is 15.2. The van der Waals surface area contributed by atoms with E-state index in [1.165, 1.54) is 6.07 Å². The predicted octanol–water partition coefficient (Wildman–Crippen LogP) is 4.29. The number of halogens is 1. The molecule has 1 spiro atoms. The zero-order valence-electron chi connectivity index (χ0n) is 18.2. The highest BCUT2D eigenvalue weighted by molar-refractivity contribution is 5.77. The highest BCUT2D eigenvalue weighted by atomic mass is 19.1. The summed E-state index contributed by atoms with van der Waals surface area (Å²) in [6, 6.07) is 6.76. The monoisotopic (exact) mass is 413 g/mol. The quantitative estimate of drug-likeness (QED) is 0.735. The second-order valence-corrected chi connectivity index (χ2v) is 9.29. The van der Waals surface area contributed by atoms with Crippen molar-refractivity contribution in [2.45, 2.75) is 57.6 Å². The van der Waals surface area contributed by atoms with Crippen molar-refractivity contribution in [3.63, 3.8) is 0 Å². The Balaban J connectivity index is 1.49. The van der Waals surface area contributed by atoms with Crippen LogP contribution in [-0.2, 0) is 23.0 Å². The maximum atomic E-state index is 13.8. The van der Waals surface area contributed by atoms with Crippen LogP contribution < -0.4 is 0 Å². The van der Waals surface area contributed by atoms with E-state index in [1.54, 1.807) is 16.8 Å². The summed E-state index contributed by atoms with van der Waals surface area (Å²) < 4.78 is 22.0. The van der Waals surface area contributed by atoms with Crippen molar-refractivity contribution in [3.8, 4) is 0 Å². The average Bonchev–Trinajstić information content (AvgIpc) is 3.32. The molecule has 1 amide bonds. The molecule has 0 saturated carbocycles. The number of ether oxygens (including phenoxy) is 1. The van der Waals surface area contributed by atoms with Crippen molar-refractivity contribution in [2.24, 2.45) is 18.9 Å². The van der Waals surface area contributed by atoms with Gasteiger partial charge in [-0.2, -0.15) is 5.10 Å². The molecule has 0 N–H and O–H groups in total. The lowest BCUT2D eigenvalue weighted by Gasteiger charge is -2.48. The van der Waals surface area contributed by atoms with Crippen LogP contribution in [0.1, 0.15) is 56.8 Å². The minimum atomic E-state index is -0.231. The number of likely N-dealkylation sites (tertiary alicyclic amines) is 1. The zero-order valence-corrected chi connectivity index (χ0v) is 18.2. The van der Waals surface area contributed by atoms with Gasteiger partial charge in [0.1, 0.15) is 5.82 Å². The Morgan fingerprint density at radius 3 is 2.93 bits per heavy atom. The lowest BCUT2D eigenvalue weighted by molar-refractivity contribution is -0.153. The topological polar surface area (TPSA) is 47.4 Å². The third-order valence-corrected chi connectivity index (χ3v) is 6.85. The van der Waals surface area contributed by atoms with Gasteiger partial charge in [-0.15, -0.1) is 0 Å². The normalized spacial score (nSPS) is 26.6. The predicted molar refractivity (Wildman–Crippen MR) is 113 cm³/mol. The number of benzene rings is 1. The summed E-state index contributed by atoms with van der Waals surface area (Å²) >= 11 is 0. The van der Waals surface area contributed by atoms with Gasteiger partial charge in [0.2, 0.25) is 5.91 Å². The maximum absolute atomic E-state index is 13.8. The van der Waals surface area contributed by atoms with Crippen LogP contribution in [0.15, 0.2) is 36.7 Å². The average molecular weight is 414 g/mol. The molecule has 2 aromatic rings. The number of aromatic nitrogens is 2. The third-order valence-electron chi connectivity index (χ3n) is 6.85. The van der Waals surface area contributed by atoms with Crippen molar-refractivity contribution < 1.29 is 13.9 Å². The number of nitrogens with zero attached hydrogens (tertiary/aromatic N) is 3. The molecule has 3 atom stereocenters. The van der Waals surface area contributed by atoms with E-state index in [1.807, 2.05) is 25.5 Å². The van der Waals surface area contributed by atoms with Crippen molar-refractivity contribution >= 4 is 5.91 Å². The van der Waals surface area contributed by atoms with Crippen LogP contribution in [0.4, 0.5) is 4.39 Å². The second kappa shape index (κ2) is 8.50. The van der Waals surface area contributed by atoms with E-state index in [2.05, 4.69) is 23.8 Å². The van der Waals surface area contributed by atoms with Gasteiger partial charge in [0.05, 0.1) is 24.4 Å². The van der Waals surface area contributed by atoms with Crippen LogP contribution in [0.2, 0.25) is 0 Å². The van der Waals surface area contributed by atoms with Crippen LogP contribution >= 0.6 is 0 Å². The van der Waals surface area contributed by atoms with E-state index in [9.17, 15) is 9.18 Å². The molecular formula is C24H32FN3O2. The molecule has 5 nitrogen and oxygen atoms in total. The van der Waals surface area contributed by atoms with Gasteiger partial charge in [0.25, 0.3) is 0 Å². The van der Waals surface area contributed by atoms with Crippen LogP contribution in [0, 0.1) is 17.7 Å². The van der Waals surface area contributed by atoms with Crippen LogP contribution in [0.25, 0.3) is 0 Å². The van der Waals surface area contributed by atoms with Gasteiger partial charge >= 0.3 is 0 Å². The number of hydrogen-bond acceptors (Lipinski definition) is 3. The third kappa shape index (κ3) is 4.15. The summed E-state index contributed by atoms with van der Waals surface area (Å²) in [6.45, 7) is 5.71. The smallest absolute Gasteiger partial charge is 0.223 e. The van der Waals surface area contributed by atoms with Gasteiger partial charge in [-0.25, -0.2) is 4.39 Å². The molecule has 0 bridgehead atoms. The summed E-state index contributed by atoms with van der Waals surface area (Å²) in [7, 11) is 1.89. The van der Waals surface area contributed by atoms with Gasteiger partial charge < -0.3 is 9.64 Å². The van der Waals surface area contributed by atoms with Crippen LogP contribution in [-0.4, -0.2) is 39.3 Å². The standard InChI is InChI=1S/C24H32FN3O2/c1-17(2)21-13-24(16-30-23(21)19-6-4-7-20(25)12-19)10-5-11-28(24)22(29)9-8-18-14-26-27(3)15-18/h4,6-7,12,14-15,17,21,23H,5,8-11,13,16H2,1-3H3/t21-,23-,24-/m0/s1. The molecular weight excluding hydrogens is 381 g/mol. The molecule has 2 saturated heterocycles. The Morgan fingerprint density at radius 1 is 1.40 bits per heavy atom. The van der Waals surface area contributed by atoms with Crippen molar-refractivity contribution in [1.82, 2.24) is 14.7 Å². The van der Waals surface area contributed by atoms with Gasteiger partial charge in [-0.05, 0) is 60.8 Å². The Hall–Kier alpha value is -2.21. The fourth-order valence-corrected chi connectivity index (χ4v) is 5.26. The highest BCUT2D eigenvalue weighted by Crippen LogP contribution is 2.47. The number of aryl methyl sites for hydroxylation is 2. The van der Waals surface area contributed by atoms with Gasteiger partial charge in [-0.1, -0.05) is 26.0 Å². The molecule has 1 aromatic heterocycles. The fourth-order valence-electron chi connectivity index (χ4n) is 5.26.